The van der Waals surface area contributed by atoms with Gasteiger partial charge in [0, 0.05) is 29.3 Å². The summed E-state index contributed by atoms with van der Waals surface area (Å²) in [6.45, 7) is 7.65. The summed E-state index contributed by atoms with van der Waals surface area (Å²) in [5.74, 6) is 0.516. The Labute approximate surface area is 109 Å². The van der Waals surface area contributed by atoms with Crippen LogP contribution in [0, 0.1) is 12.8 Å². The monoisotopic (exact) mass is 252 g/mol. The van der Waals surface area contributed by atoms with Gasteiger partial charge in [-0.2, -0.15) is 0 Å². The minimum Gasteiger partial charge on any atom is -0.368 e. The molecule has 0 saturated carbocycles. The van der Waals surface area contributed by atoms with E-state index in [4.69, 9.17) is 17.3 Å². The van der Waals surface area contributed by atoms with E-state index in [2.05, 4.69) is 37.8 Å². The predicted molar refractivity (Wildman–Crippen MR) is 74.8 cm³/mol. The fourth-order valence-electron chi connectivity index (χ4n) is 2.63. The minimum atomic E-state index is 0.320. The largest absolute Gasteiger partial charge is 0.368 e. The Bertz CT molecular complexity index is 405. The summed E-state index contributed by atoms with van der Waals surface area (Å²) >= 11 is 6.10. The van der Waals surface area contributed by atoms with Crippen LogP contribution in [0.1, 0.15) is 25.8 Å². The SMILES string of the molecule is Cc1ccc(Cl)cc1N1CCC(N)C(C)C1C. The zero-order chi connectivity index (χ0) is 12.6. The molecule has 1 fully saturated rings. The second kappa shape index (κ2) is 4.87. The van der Waals surface area contributed by atoms with Crippen molar-refractivity contribution in [1.82, 2.24) is 0 Å². The van der Waals surface area contributed by atoms with Crippen LogP contribution < -0.4 is 10.6 Å². The maximum absolute atomic E-state index is 6.12. The highest BCUT2D eigenvalue weighted by Crippen LogP contribution is 2.31. The Hall–Kier alpha value is -0.730. The summed E-state index contributed by atoms with van der Waals surface area (Å²) < 4.78 is 0. The van der Waals surface area contributed by atoms with Crippen molar-refractivity contribution in [3.8, 4) is 0 Å². The first-order valence-electron chi connectivity index (χ1n) is 6.29. The van der Waals surface area contributed by atoms with E-state index in [-0.39, 0.29) is 0 Å². The van der Waals surface area contributed by atoms with Gasteiger partial charge in [-0.15, -0.1) is 0 Å². The molecule has 0 amide bonds. The lowest BCUT2D eigenvalue weighted by molar-refractivity contribution is 0.315. The Morgan fingerprint density at radius 1 is 1.35 bits per heavy atom. The van der Waals surface area contributed by atoms with Crippen LogP contribution in [0.3, 0.4) is 0 Å². The van der Waals surface area contributed by atoms with Crippen LogP contribution in [0.2, 0.25) is 5.02 Å². The van der Waals surface area contributed by atoms with E-state index in [9.17, 15) is 0 Å². The van der Waals surface area contributed by atoms with Crippen molar-refractivity contribution >= 4 is 17.3 Å². The van der Waals surface area contributed by atoms with E-state index in [0.717, 1.165) is 18.0 Å². The van der Waals surface area contributed by atoms with Gasteiger partial charge in [0.15, 0.2) is 0 Å². The molecule has 1 saturated heterocycles. The molecule has 17 heavy (non-hydrogen) atoms. The molecule has 1 heterocycles. The lowest BCUT2D eigenvalue weighted by Gasteiger charge is -2.43. The molecule has 2 nitrogen and oxygen atoms in total. The number of anilines is 1. The molecule has 2 rings (SSSR count). The lowest BCUT2D eigenvalue weighted by atomic mass is 9.87. The van der Waals surface area contributed by atoms with Crippen molar-refractivity contribution in [2.75, 3.05) is 11.4 Å². The number of hydrogen-bond acceptors (Lipinski definition) is 2. The molecule has 2 N–H and O–H groups in total. The second-order valence-electron chi connectivity index (χ2n) is 5.18. The highest BCUT2D eigenvalue weighted by Gasteiger charge is 2.30. The highest BCUT2D eigenvalue weighted by atomic mass is 35.5. The Morgan fingerprint density at radius 3 is 2.76 bits per heavy atom. The summed E-state index contributed by atoms with van der Waals surface area (Å²) in [4.78, 5) is 2.44. The summed E-state index contributed by atoms with van der Waals surface area (Å²) in [6.07, 6.45) is 1.05. The van der Waals surface area contributed by atoms with Crippen molar-refractivity contribution in [3.05, 3.63) is 28.8 Å². The average Bonchev–Trinajstić information content (AvgIpc) is 2.30. The van der Waals surface area contributed by atoms with Gasteiger partial charge in [-0.3, -0.25) is 0 Å². The van der Waals surface area contributed by atoms with Crippen LogP contribution in [-0.4, -0.2) is 18.6 Å². The van der Waals surface area contributed by atoms with Gasteiger partial charge < -0.3 is 10.6 Å². The second-order valence-corrected chi connectivity index (χ2v) is 5.61. The number of aryl methyl sites for hydroxylation is 1. The fraction of sp³-hybridized carbons (Fsp3) is 0.571. The van der Waals surface area contributed by atoms with Gasteiger partial charge in [0.25, 0.3) is 0 Å². The van der Waals surface area contributed by atoms with Crippen LogP contribution in [0.5, 0.6) is 0 Å². The maximum Gasteiger partial charge on any atom is 0.0426 e. The zero-order valence-electron chi connectivity index (χ0n) is 10.8. The van der Waals surface area contributed by atoms with Crippen molar-refractivity contribution in [1.29, 1.82) is 0 Å². The molecular weight excluding hydrogens is 232 g/mol. The van der Waals surface area contributed by atoms with Crippen molar-refractivity contribution < 1.29 is 0 Å². The van der Waals surface area contributed by atoms with E-state index in [1.165, 1.54) is 11.3 Å². The van der Waals surface area contributed by atoms with Gasteiger partial charge in [-0.05, 0) is 43.9 Å². The van der Waals surface area contributed by atoms with Crippen LogP contribution >= 0.6 is 11.6 Å². The normalized spacial score (nSPS) is 29.5. The van der Waals surface area contributed by atoms with Gasteiger partial charge in [-0.1, -0.05) is 24.6 Å². The summed E-state index contributed by atoms with van der Waals surface area (Å²) in [6, 6.07) is 6.89. The van der Waals surface area contributed by atoms with Crippen LogP contribution in [-0.2, 0) is 0 Å². The van der Waals surface area contributed by atoms with E-state index < -0.39 is 0 Å². The molecule has 94 valence electrons. The fourth-order valence-corrected chi connectivity index (χ4v) is 2.79. The first kappa shape index (κ1) is 12.7. The van der Waals surface area contributed by atoms with E-state index in [1.54, 1.807) is 0 Å². The van der Waals surface area contributed by atoms with Crippen LogP contribution in [0.25, 0.3) is 0 Å². The Kier molecular flexibility index (Phi) is 3.64. The third-order valence-electron chi connectivity index (χ3n) is 4.11. The molecule has 0 bridgehead atoms. The molecule has 1 aromatic rings. The number of nitrogens with two attached hydrogens (primary N) is 1. The van der Waals surface area contributed by atoms with E-state index in [1.807, 2.05) is 6.07 Å². The maximum atomic E-state index is 6.12. The first-order valence-corrected chi connectivity index (χ1v) is 6.67. The minimum absolute atomic E-state index is 0.320. The number of benzene rings is 1. The molecule has 3 unspecified atom stereocenters. The summed E-state index contributed by atoms with van der Waals surface area (Å²) in [7, 11) is 0. The molecule has 0 spiro atoms. The number of hydrogen-bond donors (Lipinski definition) is 1. The summed E-state index contributed by atoms with van der Waals surface area (Å²) in [5, 5.41) is 0.806. The van der Waals surface area contributed by atoms with E-state index >= 15 is 0 Å². The average molecular weight is 253 g/mol. The third-order valence-corrected chi connectivity index (χ3v) is 4.35. The Balaban J connectivity index is 2.30. The molecule has 1 aromatic carbocycles. The first-order chi connectivity index (χ1) is 8.00. The van der Waals surface area contributed by atoms with E-state index in [0.29, 0.717) is 18.0 Å². The molecule has 0 aromatic heterocycles. The molecule has 3 atom stereocenters. The van der Waals surface area contributed by atoms with Crippen molar-refractivity contribution in [2.24, 2.45) is 11.7 Å². The standard InChI is InChI=1S/C14H21ClN2/c1-9-4-5-12(15)8-14(9)17-7-6-13(16)10(2)11(17)3/h4-5,8,10-11,13H,6-7,16H2,1-3H3. The van der Waals surface area contributed by atoms with Crippen LogP contribution in [0.15, 0.2) is 18.2 Å². The molecule has 1 aliphatic heterocycles. The molecule has 3 heteroatoms. The molecular formula is C14H21ClN2. The molecule has 0 aliphatic carbocycles. The van der Waals surface area contributed by atoms with Crippen molar-refractivity contribution in [2.45, 2.75) is 39.3 Å². The highest BCUT2D eigenvalue weighted by molar-refractivity contribution is 6.30. The van der Waals surface area contributed by atoms with Gasteiger partial charge in [0.05, 0.1) is 0 Å². The quantitative estimate of drug-likeness (QED) is 0.832. The molecule has 0 radical (unpaired) electrons. The third kappa shape index (κ3) is 2.43. The zero-order valence-corrected chi connectivity index (χ0v) is 11.5. The topological polar surface area (TPSA) is 29.3 Å². The molecule has 1 aliphatic rings. The van der Waals surface area contributed by atoms with Gasteiger partial charge in [0.1, 0.15) is 0 Å². The predicted octanol–water partition coefficient (Wildman–Crippen LogP) is 3.21. The van der Waals surface area contributed by atoms with Gasteiger partial charge in [0.2, 0.25) is 0 Å². The number of nitrogens with zero attached hydrogens (tertiary/aromatic N) is 1. The number of rotatable bonds is 1. The van der Waals surface area contributed by atoms with Gasteiger partial charge in [-0.25, -0.2) is 0 Å². The smallest absolute Gasteiger partial charge is 0.0426 e. The number of piperidine rings is 1. The Morgan fingerprint density at radius 2 is 2.06 bits per heavy atom. The van der Waals surface area contributed by atoms with Gasteiger partial charge >= 0.3 is 0 Å². The summed E-state index contributed by atoms with van der Waals surface area (Å²) in [5.41, 5.74) is 8.66. The lowest BCUT2D eigenvalue weighted by Crippen LogP contribution is -2.52. The number of halogens is 1. The van der Waals surface area contributed by atoms with Crippen molar-refractivity contribution in [3.63, 3.8) is 0 Å². The van der Waals surface area contributed by atoms with Crippen LogP contribution in [0.4, 0.5) is 5.69 Å².